The molecule has 3 rings (SSSR count). The predicted octanol–water partition coefficient (Wildman–Crippen LogP) is 5.74. The van der Waals surface area contributed by atoms with Crippen LogP contribution in [0.25, 0.3) is 0 Å². The minimum Gasteiger partial charge on any atom is -0.507 e. The Kier molecular flexibility index (Phi) is 6.14. The molecule has 28 heavy (non-hydrogen) atoms. The second-order valence-electron chi connectivity index (χ2n) is 8.29. The molecular weight excluding hydrogens is 350 g/mol. The Hall–Kier alpha value is -2.67. The van der Waals surface area contributed by atoms with Gasteiger partial charge in [-0.05, 0) is 52.0 Å². The molecular formula is C24H29NO3. The Morgan fingerprint density at radius 3 is 2.75 bits per heavy atom. The third-order valence-corrected chi connectivity index (χ3v) is 5.22. The van der Waals surface area contributed by atoms with E-state index in [0.29, 0.717) is 24.3 Å². The molecule has 148 valence electrons. The monoisotopic (exact) mass is 379 g/mol. The summed E-state index contributed by atoms with van der Waals surface area (Å²) in [5.74, 6) is 1.36. The summed E-state index contributed by atoms with van der Waals surface area (Å²) in [5, 5.41) is 19.7. The van der Waals surface area contributed by atoms with Gasteiger partial charge in [0.25, 0.3) is 0 Å². The minimum absolute atomic E-state index is 0.0268. The topological polar surface area (TPSA) is 62.5 Å². The van der Waals surface area contributed by atoms with Crippen molar-refractivity contribution in [2.24, 2.45) is 0 Å². The highest BCUT2D eigenvalue weighted by Crippen LogP contribution is 2.48. The molecule has 1 heterocycles. The van der Waals surface area contributed by atoms with Crippen LogP contribution in [0.2, 0.25) is 0 Å². The van der Waals surface area contributed by atoms with Crippen molar-refractivity contribution in [3.8, 4) is 23.3 Å². The standard InChI is InChI=1S/C24H29NO3/c1-17(8-7-11-18-9-5-4-6-10-18)27-20-14-21(26)23-19(12-13-25)16-24(2,3)28-22(23)15-20/h4-6,9-10,14-15,17,19,26H,7-8,11-12,16H2,1-3H3. The van der Waals surface area contributed by atoms with E-state index in [-0.39, 0.29) is 23.4 Å². The molecule has 0 aromatic heterocycles. The van der Waals surface area contributed by atoms with Gasteiger partial charge in [-0.25, -0.2) is 0 Å². The first kappa shape index (κ1) is 20.1. The third-order valence-electron chi connectivity index (χ3n) is 5.22. The Bertz CT molecular complexity index is 839. The van der Waals surface area contributed by atoms with Crippen LogP contribution in [0.15, 0.2) is 42.5 Å². The Balaban J connectivity index is 1.66. The fourth-order valence-corrected chi connectivity index (χ4v) is 4.00. The van der Waals surface area contributed by atoms with E-state index >= 15 is 0 Å². The van der Waals surface area contributed by atoms with E-state index in [2.05, 4.69) is 30.3 Å². The number of aryl methyl sites for hydroxylation is 1. The lowest BCUT2D eigenvalue weighted by molar-refractivity contribution is 0.0706. The summed E-state index contributed by atoms with van der Waals surface area (Å²) in [4.78, 5) is 0. The van der Waals surface area contributed by atoms with Crippen molar-refractivity contribution in [3.63, 3.8) is 0 Å². The summed E-state index contributed by atoms with van der Waals surface area (Å²) in [6.45, 7) is 6.07. The second kappa shape index (κ2) is 8.56. The third kappa shape index (κ3) is 4.98. The molecule has 0 saturated heterocycles. The number of nitrogens with zero attached hydrogens (tertiary/aromatic N) is 1. The maximum absolute atomic E-state index is 10.6. The van der Waals surface area contributed by atoms with Crippen molar-refractivity contribution in [2.75, 3.05) is 0 Å². The quantitative estimate of drug-likeness (QED) is 0.666. The molecule has 0 fully saturated rings. The van der Waals surface area contributed by atoms with E-state index in [4.69, 9.17) is 14.7 Å². The number of phenolic OH excluding ortho intramolecular Hbond substituents is 1. The smallest absolute Gasteiger partial charge is 0.131 e. The fourth-order valence-electron chi connectivity index (χ4n) is 4.00. The predicted molar refractivity (Wildman–Crippen MR) is 110 cm³/mol. The first-order chi connectivity index (χ1) is 13.4. The zero-order chi connectivity index (χ0) is 20.1. The van der Waals surface area contributed by atoms with Gasteiger partial charge in [-0.15, -0.1) is 0 Å². The Morgan fingerprint density at radius 1 is 1.29 bits per heavy atom. The summed E-state index contributed by atoms with van der Waals surface area (Å²) in [6, 6.07) is 16.2. The summed E-state index contributed by atoms with van der Waals surface area (Å²) in [6.07, 6.45) is 4.09. The van der Waals surface area contributed by atoms with Crippen LogP contribution >= 0.6 is 0 Å². The number of hydrogen-bond acceptors (Lipinski definition) is 4. The zero-order valence-corrected chi connectivity index (χ0v) is 16.9. The number of phenols is 1. The van der Waals surface area contributed by atoms with Crippen molar-refractivity contribution >= 4 is 0 Å². The van der Waals surface area contributed by atoms with Crippen LogP contribution in [0.5, 0.6) is 17.2 Å². The lowest BCUT2D eigenvalue weighted by Crippen LogP contribution is -2.34. The molecule has 2 aromatic carbocycles. The van der Waals surface area contributed by atoms with Gasteiger partial charge in [0.15, 0.2) is 0 Å². The van der Waals surface area contributed by atoms with Gasteiger partial charge in [0.1, 0.15) is 22.8 Å². The average molecular weight is 380 g/mol. The molecule has 0 amide bonds. The summed E-state index contributed by atoms with van der Waals surface area (Å²) in [5.41, 5.74) is 1.69. The first-order valence-electron chi connectivity index (χ1n) is 10.0. The summed E-state index contributed by atoms with van der Waals surface area (Å²) < 4.78 is 12.1. The molecule has 0 aliphatic carbocycles. The number of rotatable bonds is 7. The van der Waals surface area contributed by atoms with Gasteiger partial charge in [0.05, 0.1) is 12.2 Å². The Labute approximate surface area is 167 Å². The van der Waals surface area contributed by atoms with Crippen LogP contribution in [-0.4, -0.2) is 16.8 Å². The summed E-state index contributed by atoms with van der Waals surface area (Å²) in [7, 11) is 0. The van der Waals surface area contributed by atoms with Gasteiger partial charge >= 0.3 is 0 Å². The van der Waals surface area contributed by atoms with Gasteiger partial charge in [-0.3, -0.25) is 0 Å². The molecule has 0 radical (unpaired) electrons. The van der Waals surface area contributed by atoms with Gasteiger partial charge in [-0.1, -0.05) is 30.3 Å². The summed E-state index contributed by atoms with van der Waals surface area (Å²) >= 11 is 0. The van der Waals surface area contributed by atoms with Crippen LogP contribution in [0.1, 0.15) is 63.5 Å². The molecule has 4 heteroatoms. The van der Waals surface area contributed by atoms with E-state index < -0.39 is 0 Å². The molecule has 1 aliphatic rings. The van der Waals surface area contributed by atoms with Crippen molar-refractivity contribution < 1.29 is 14.6 Å². The number of aromatic hydroxyl groups is 1. The number of ether oxygens (including phenoxy) is 2. The van der Waals surface area contributed by atoms with Crippen LogP contribution < -0.4 is 9.47 Å². The lowest BCUT2D eigenvalue weighted by Gasteiger charge is -2.37. The zero-order valence-electron chi connectivity index (χ0n) is 16.9. The maximum Gasteiger partial charge on any atom is 0.131 e. The SMILES string of the molecule is CC(CCCc1ccccc1)Oc1cc(O)c2c(c1)OC(C)(C)CC2CC#N. The van der Waals surface area contributed by atoms with Crippen molar-refractivity contribution in [1.82, 2.24) is 0 Å². The highest BCUT2D eigenvalue weighted by molar-refractivity contribution is 5.53. The minimum atomic E-state index is -0.374. The highest BCUT2D eigenvalue weighted by Gasteiger charge is 2.36. The van der Waals surface area contributed by atoms with Gasteiger partial charge < -0.3 is 14.6 Å². The highest BCUT2D eigenvalue weighted by atomic mass is 16.5. The Morgan fingerprint density at radius 2 is 2.04 bits per heavy atom. The van der Waals surface area contributed by atoms with Gasteiger partial charge in [-0.2, -0.15) is 5.26 Å². The van der Waals surface area contributed by atoms with Gasteiger partial charge in [0.2, 0.25) is 0 Å². The van der Waals surface area contributed by atoms with Crippen molar-refractivity contribution in [3.05, 3.63) is 53.6 Å². The molecule has 2 aromatic rings. The second-order valence-corrected chi connectivity index (χ2v) is 8.29. The number of hydrogen-bond donors (Lipinski definition) is 1. The molecule has 1 aliphatic heterocycles. The number of nitriles is 1. The maximum atomic E-state index is 10.6. The fraction of sp³-hybridized carbons (Fsp3) is 0.458. The average Bonchev–Trinajstić information content (AvgIpc) is 2.61. The largest absolute Gasteiger partial charge is 0.507 e. The molecule has 2 unspecified atom stereocenters. The molecule has 0 bridgehead atoms. The molecule has 0 saturated carbocycles. The molecule has 1 N–H and O–H groups in total. The van der Waals surface area contributed by atoms with E-state index in [1.54, 1.807) is 6.07 Å². The van der Waals surface area contributed by atoms with Crippen LogP contribution in [0.4, 0.5) is 0 Å². The van der Waals surface area contributed by atoms with Crippen LogP contribution in [0, 0.1) is 11.3 Å². The van der Waals surface area contributed by atoms with E-state index in [9.17, 15) is 5.11 Å². The lowest BCUT2D eigenvalue weighted by atomic mass is 9.82. The van der Waals surface area contributed by atoms with E-state index in [1.165, 1.54) is 5.56 Å². The van der Waals surface area contributed by atoms with E-state index in [1.807, 2.05) is 32.9 Å². The van der Waals surface area contributed by atoms with Crippen LogP contribution in [0.3, 0.4) is 0 Å². The number of fused-ring (bicyclic) bond motifs is 1. The van der Waals surface area contributed by atoms with Crippen molar-refractivity contribution in [1.29, 1.82) is 5.26 Å². The first-order valence-corrected chi connectivity index (χ1v) is 10.0. The normalized spacial score (nSPS) is 18.4. The number of benzene rings is 2. The molecule has 0 spiro atoms. The van der Waals surface area contributed by atoms with Crippen molar-refractivity contribution in [2.45, 2.75) is 70.5 Å². The van der Waals surface area contributed by atoms with Gasteiger partial charge in [0, 0.05) is 30.0 Å². The van der Waals surface area contributed by atoms with Crippen LogP contribution in [-0.2, 0) is 6.42 Å². The molecule has 2 atom stereocenters. The van der Waals surface area contributed by atoms with E-state index in [0.717, 1.165) is 24.8 Å². The molecule has 4 nitrogen and oxygen atoms in total.